The van der Waals surface area contributed by atoms with E-state index in [1.807, 2.05) is 18.2 Å². The maximum atomic E-state index is 11.2. The maximum Gasteiger partial charge on any atom is 0.310 e. The highest BCUT2D eigenvalue weighted by atomic mass is 79.9. The third-order valence-corrected chi connectivity index (χ3v) is 3.15. The van der Waals surface area contributed by atoms with Gasteiger partial charge in [-0.3, -0.25) is 4.79 Å². The molecule has 0 N–H and O–H groups in total. The molecule has 0 amide bonds. The Bertz CT molecular complexity index is 282. The summed E-state index contributed by atoms with van der Waals surface area (Å²) in [5.41, 5.74) is 0.847. The average Bonchev–Trinajstić information content (AvgIpc) is 2.09. The normalized spacial score (nSPS) is 25.8. The molecule has 0 heterocycles. The van der Waals surface area contributed by atoms with Crippen molar-refractivity contribution in [3.05, 3.63) is 23.8 Å². The Morgan fingerprint density at radius 2 is 2.50 bits per heavy atom. The van der Waals surface area contributed by atoms with Crippen molar-refractivity contribution < 1.29 is 9.53 Å². The number of ether oxygens (including phenoxy) is 1. The zero-order valence-corrected chi connectivity index (χ0v) is 10.3. The topological polar surface area (TPSA) is 26.3 Å². The average molecular weight is 280 g/mol. The highest BCUT2D eigenvalue weighted by Gasteiger charge is 2.30. The van der Waals surface area contributed by atoms with E-state index in [4.69, 9.17) is 16.3 Å². The molecule has 0 saturated carbocycles. The van der Waals surface area contributed by atoms with Gasteiger partial charge in [0.15, 0.2) is 0 Å². The van der Waals surface area contributed by atoms with Crippen LogP contribution in [0.1, 0.15) is 19.8 Å². The second kappa shape index (κ2) is 4.99. The van der Waals surface area contributed by atoms with Crippen molar-refractivity contribution in [2.45, 2.75) is 23.5 Å². The summed E-state index contributed by atoms with van der Waals surface area (Å²) in [5.74, 6) is -0.237. The third kappa shape index (κ3) is 3.14. The lowest BCUT2D eigenvalue weighted by Gasteiger charge is -2.23. The summed E-state index contributed by atoms with van der Waals surface area (Å²) in [7, 11) is 0. The molecule has 0 aromatic rings. The molecule has 0 radical (unpaired) electrons. The fourth-order valence-corrected chi connectivity index (χ4v) is 1.89. The minimum absolute atomic E-state index is 0.237. The third-order valence-electron chi connectivity index (χ3n) is 1.92. The molecule has 1 aliphatic rings. The second-order valence-electron chi connectivity index (χ2n) is 3.01. The van der Waals surface area contributed by atoms with Crippen LogP contribution in [0, 0.1) is 0 Å². The summed E-state index contributed by atoms with van der Waals surface area (Å²) in [5, 5.41) is 0. The lowest BCUT2D eigenvalue weighted by molar-refractivity contribution is -0.142. The van der Waals surface area contributed by atoms with Crippen molar-refractivity contribution in [2.75, 3.05) is 6.61 Å². The second-order valence-corrected chi connectivity index (χ2v) is 5.47. The summed E-state index contributed by atoms with van der Waals surface area (Å²) >= 11 is 9.55. The Morgan fingerprint density at radius 3 is 3.07 bits per heavy atom. The van der Waals surface area contributed by atoms with Gasteiger partial charge in [-0.25, -0.2) is 0 Å². The van der Waals surface area contributed by atoms with Crippen LogP contribution in [-0.2, 0) is 9.53 Å². The quantitative estimate of drug-likeness (QED) is 0.586. The fourth-order valence-electron chi connectivity index (χ4n) is 1.21. The van der Waals surface area contributed by atoms with Crippen molar-refractivity contribution in [2.24, 2.45) is 0 Å². The van der Waals surface area contributed by atoms with Crippen molar-refractivity contribution in [3.8, 4) is 0 Å². The minimum atomic E-state index is -0.617. The van der Waals surface area contributed by atoms with Gasteiger partial charge in [0.1, 0.15) is 3.78 Å². The standard InChI is InChI=1S/C10H12BrClO2/c1-2-14-9(13)7-8-5-3-4-6-10(8,11)12/h3-5H,2,6-7H2,1H3. The van der Waals surface area contributed by atoms with Crippen molar-refractivity contribution >= 4 is 33.5 Å². The molecule has 1 atom stereocenters. The molecule has 0 aromatic carbocycles. The minimum Gasteiger partial charge on any atom is -0.466 e. The smallest absolute Gasteiger partial charge is 0.310 e. The van der Waals surface area contributed by atoms with E-state index in [2.05, 4.69) is 15.9 Å². The first-order chi connectivity index (χ1) is 6.56. The lowest BCUT2D eigenvalue weighted by Crippen LogP contribution is -2.20. The Balaban J connectivity index is 2.62. The van der Waals surface area contributed by atoms with Crippen LogP contribution < -0.4 is 0 Å². The zero-order valence-electron chi connectivity index (χ0n) is 7.93. The van der Waals surface area contributed by atoms with Gasteiger partial charge in [0.2, 0.25) is 0 Å². The van der Waals surface area contributed by atoms with Crippen molar-refractivity contribution in [1.29, 1.82) is 0 Å². The van der Waals surface area contributed by atoms with Crippen LogP contribution in [0.2, 0.25) is 0 Å². The van der Waals surface area contributed by atoms with Crippen LogP contribution in [0.25, 0.3) is 0 Å². The zero-order chi connectivity index (χ0) is 10.6. The number of alkyl halides is 2. The Morgan fingerprint density at radius 1 is 1.79 bits per heavy atom. The monoisotopic (exact) mass is 278 g/mol. The number of carbonyl (C=O) groups is 1. The summed E-state index contributed by atoms with van der Waals surface area (Å²) in [4.78, 5) is 11.2. The van der Waals surface area contributed by atoms with E-state index in [1.54, 1.807) is 6.92 Å². The summed E-state index contributed by atoms with van der Waals surface area (Å²) in [6.45, 7) is 2.19. The number of allylic oxidation sites excluding steroid dienone is 3. The molecule has 0 bridgehead atoms. The molecule has 1 unspecified atom stereocenters. The first kappa shape index (κ1) is 11.8. The predicted molar refractivity (Wildman–Crippen MR) is 60.6 cm³/mol. The molecule has 0 aliphatic heterocycles. The first-order valence-electron chi connectivity index (χ1n) is 4.46. The van der Waals surface area contributed by atoms with E-state index in [1.165, 1.54) is 0 Å². The largest absolute Gasteiger partial charge is 0.466 e. The number of hydrogen-bond donors (Lipinski definition) is 0. The molecule has 1 rings (SSSR count). The van der Waals surface area contributed by atoms with Gasteiger partial charge in [-0.15, -0.1) is 11.6 Å². The first-order valence-corrected chi connectivity index (χ1v) is 5.63. The molecular formula is C10H12BrClO2. The van der Waals surface area contributed by atoms with E-state index in [9.17, 15) is 4.79 Å². The maximum absolute atomic E-state index is 11.2. The fraction of sp³-hybridized carbons (Fsp3) is 0.500. The van der Waals surface area contributed by atoms with Gasteiger partial charge < -0.3 is 4.74 Å². The molecule has 78 valence electrons. The van der Waals surface area contributed by atoms with Crippen LogP contribution in [0.4, 0.5) is 0 Å². The van der Waals surface area contributed by atoms with Crippen LogP contribution >= 0.6 is 27.5 Å². The highest BCUT2D eigenvalue weighted by molar-refractivity contribution is 9.10. The Kier molecular flexibility index (Phi) is 4.20. The summed E-state index contributed by atoms with van der Waals surface area (Å²) in [6, 6.07) is 0. The van der Waals surface area contributed by atoms with Crippen molar-refractivity contribution in [3.63, 3.8) is 0 Å². The van der Waals surface area contributed by atoms with Crippen LogP contribution in [0.3, 0.4) is 0 Å². The molecule has 0 spiro atoms. The van der Waals surface area contributed by atoms with Crippen molar-refractivity contribution in [1.82, 2.24) is 0 Å². The summed E-state index contributed by atoms with van der Waals surface area (Å²) in [6.07, 6.45) is 6.63. The molecule has 14 heavy (non-hydrogen) atoms. The van der Waals surface area contributed by atoms with Crippen LogP contribution in [0.5, 0.6) is 0 Å². The molecule has 0 saturated heterocycles. The molecule has 0 fully saturated rings. The van der Waals surface area contributed by atoms with Gasteiger partial charge in [0, 0.05) is 0 Å². The lowest BCUT2D eigenvalue weighted by atomic mass is 10.0. The number of halogens is 2. The van der Waals surface area contributed by atoms with Gasteiger partial charge in [-0.05, 0) is 18.9 Å². The Labute approximate surface area is 97.1 Å². The van der Waals surface area contributed by atoms with Gasteiger partial charge >= 0.3 is 5.97 Å². The van der Waals surface area contributed by atoms with E-state index in [0.29, 0.717) is 13.0 Å². The molecule has 2 nitrogen and oxygen atoms in total. The number of carbonyl (C=O) groups excluding carboxylic acids is 1. The van der Waals surface area contributed by atoms with E-state index >= 15 is 0 Å². The van der Waals surface area contributed by atoms with Gasteiger partial charge in [-0.2, -0.15) is 0 Å². The van der Waals surface area contributed by atoms with Gasteiger partial charge in [0.25, 0.3) is 0 Å². The number of rotatable bonds is 3. The Hall–Kier alpha value is -0.280. The molecular weight excluding hydrogens is 267 g/mol. The van der Waals surface area contributed by atoms with Crippen LogP contribution in [0.15, 0.2) is 23.8 Å². The van der Waals surface area contributed by atoms with Gasteiger partial charge in [0.05, 0.1) is 13.0 Å². The molecule has 0 aromatic heterocycles. The molecule has 1 aliphatic carbocycles. The SMILES string of the molecule is CCOC(=O)CC1=CC=CCC1(Cl)Br. The highest BCUT2D eigenvalue weighted by Crippen LogP contribution is 2.40. The molecule has 4 heteroatoms. The predicted octanol–water partition coefficient (Wildman–Crippen LogP) is 3.16. The van der Waals surface area contributed by atoms with Crippen LogP contribution in [-0.4, -0.2) is 16.4 Å². The number of hydrogen-bond acceptors (Lipinski definition) is 2. The van der Waals surface area contributed by atoms with E-state index in [0.717, 1.165) is 5.57 Å². The number of esters is 1. The van der Waals surface area contributed by atoms with E-state index in [-0.39, 0.29) is 12.4 Å². The van der Waals surface area contributed by atoms with Gasteiger partial charge in [-0.1, -0.05) is 34.2 Å². The van der Waals surface area contributed by atoms with E-state index < -0.39 is 3.78 Å². The summed E-state index contributed by atoms with van der Waals surface area (Å²) < 4.78 is 4.24.